The first-order valence-electron chi connectivity index (χ1n) is 13.6. The molecule has 2 aliphatic heterocycles. The Morgan fingerprint density at radius 1 is 1.05 bits per heavy atom. The van der Waals surface area contributed by atoms with Crippen LogP contribution in [0, 0.1) is 5.92 Å². The van der Waals surface area contributed by atoms with Crippen molar-refractivity contribution in [1.82, 2.24) is 24.4 Å². The molecular weight excluding hydrogens is 508 g/mol. The molecule has 12 heteroatoms. The predicted octanol–water partition coefficient (Wildman–Crippen LogP) is 4.40. The quantitative estimate of drug-likeness (QED) is 0.470. The Morgan fingerprint density at radius 2 is 1.79 bits per heavy atom. The van der Waals surface area contributed by atoms with Crippen LogP contribution < -0.4 is 10.2 Å². The van der Waals surface area contributed by atoms with E-state index in [9.17, 15) is 13.6 Å². The van der Waals surface area contributed by atoms with Gasteiger partial charge in [0.1, 0.15) is 18.2 Å². The summed E-state index contributed by atoms with van der Waals surface area (Å²) in [5.41, 5.74) is 1.06. The van der Waals surface area contributed by atoms with Crippen LogP contribution in [0.2, 0.25) is 0 Å². The number of benzene rings is 1. The van der Waals surface area contributed by atoms with E-state index in [2.05, 4.69) is 20.2 Å². The van der Waals surface area contributed by atoms with Gasteiger partial charge in [0.15, 0.2) is 5.82 Å². The summed E-state index contributed by atoms with van der Waals surface area (Å²) in [6.45, 7) is 5.60. The third-order valence-corrected chi connectivity index (χ3v) is 7.94. The second kappa shape index (κ2) is 10.9. The van der Waals surface area contributed by atoms with Gasteiger partial charge in [-0.3, -0.25) is 9.47 Å². The molecule has 4 heterocycles. The van der Waals surface area contributed by atoms with Gasteiger partial charge < -0.3 is 19.7 Å². The van der Waals surface area contributed by atoms with Crippen LogP contribution in [-0.4, -0.2) is 82.1 Å². The van der Waals surface area contributed by atoms with Crippen molar-refractivity contribution in [3.8, 4) is 5.82 Å². The summed E-state index contributed by atoms with van der Waals surface area (Å²) < 4.78 is 40.3. The molecule has 1 aliphatic carbocycles. The highest BCUT2D eigenvalue weighted by Crippen LogP contribution is 2.32. The van der Waals surface area contributed by atoms with Crippen molar-refractivity contribution in [1.29, 1.82) is 0 Å². The number of hydrogen-bond donors (Lipinski definition) is 1. The van der Waals surface area contributed by atoms with E-state index in [0.717, 1.165) is 25.7 Å². The van der Waals surface area contributed by atoms with Crippen LogP contribution in [0.25, 0.3) is 16.9 Å². The van der Waals surface area contributed by atoms with Crippen LogP contribution in [-0.2, 0) is 9.47 Å². The molecular formula is C27H33F2N7O3. The summed E-state index contributed by atoms with van der Waals surface area (Å²) in [4.78, 5) is 29.7. The first-order chi connectivity index (χ1) is 19.0. The standard InChI is InChI=1S/C27H33F2N7O3/c1-17-16-39-27(37)35(17)19-8-6-18(7-9-19)15-30-26-32-22(34-10-12-38-13-11-34)14-23(33-26)36-21-5-3-2-4-20(21)31-25(36)24(28)29/h2-5,14,17-19,24H,6-13,15-16H2,1H3,(H,30,32,33)/t17?,18-,19-. The lowest BCUT2D eigenvalue weighted by atomic mass is 9.85. The van der Waals surface area contributed by atoms with E-state index in [1.807, 2.05) is 11.8 Å². The van der Waals surface area contributed by atoms with E-state index in [1.165, 1.54) is 4.57 Å². The number of carbonyl (C=O) groups is 1. The zero-order valence-electron chi connectivity index (χ0n) is 21.9. The number of aromatic nitrogens is 4. The zero-order valence-corrected chi connectivity index (χ0v) is 21.9. The number of para-hydroxylation sites is 2. The molecule has 1 aromatic carbocycles. The van der Waals surface area contributed by atoms with Gasteiger partial charge in [0.05, 0.1) is 30.3 Å². The molecule has 1 saturated carbocycles. The summed E-state index contributed by atoms with van der Waals surface area (Å²) in [7, 11) is 0. The molecule has 1 amide bonds. The van der Waals surface area contributed by atoms with E-state index < -0.39 is 6.43 Å². The predicted molar refractivity (Wildman–Crippen MR) is 142 cm³/mol. The van der Waals surface area contributed by atoms with Gasteiger partial charge in [-0.25, -0.2) is 18.6 Å². The first kappa shape index (κ1) is 25.7. The summed E-state index contributed by atoms with van der Waals surface area (Å²) in [5.74, 6) is 1.45. The highest BCUT2D eigenvalue weighted by molar-refractivity contribution is 5.78. The van der Waals surface area contributed by atoms with E-state index in [4.69, 9.17) is 14.5 Å². The maximum atomic E-state index is 14.1. The Kier molecular flexibility index (Phi) is 7.20. The number of cyclic esters (lactones) is 1. The van der Waals surface area contributed by atoms with Crippen molar-refractivity contribution in [3.05, 3.63) is 36.2 Å². The highest BCUT2D eigenvalue weighted by Gasteiger charge is 2.37. The molecule has 10 nitrogen and oxygen atoms in total. The van der Waals surface area contributed by atoms with Gasteiger partial charge in [0.2, 0.25) is 5.95 Å². The van der Waals surface area contributed by atoms with Gasteiger partial charge >= 0.3 is 6.09 Å². The highest BCUT2D eigenvalue weighted by atomic mass is 19.3. The summed E-state index contributed by atoms with van der Waals surface area (Å²) >= 11 is 0. The van der Waals surface area contributed by atoms with Crippen LogP contribution in [0.4, 0.5) is 25.3 Å². The molecule has 3 fully saturated rings. The molecule has 1 unspecified atom stereocenters. The number of nitrogens with one attached hydrogen (secondary N) is 1. The molecule has 0 bridgehead atoms. The van der Waals surface area contributed by atoms with Crippen molar-refractivity contribution < 1.29 is 23.0 Å². The van der Waals surface area contributed by atoms with Gasteiger partial charge in [0.25, 0.3) is 6.43 Å². The summed E-state index contributed by atoms with van der Waals surface area (Å²) in [6.07, 6.45) is 0.800. The number of alkyl halides is 2. The normalized spacial score (nSPS) is 24.0. The number of halogens is 2. The third-order valence-electron chi connectivity index (χ3n) is 7.94. The minimum absolute atomic E-state index is 0.115. The lowest BCUT2D eigenvalue weighted by Crippen LogP contribution is -2.43. The van der Waals surface area contributed by atoms with Crippen LogP contribution in [0.5, 0.6) is 0 Å². The fourth-order valence-electron chi connectivity index (χ4n) is 5.90. The number of amides is 1. The largest absolute Gasteiger partial charge is 0.447 e. The second-order valence-corrected chi connectivity index (χ2v) is 10.5. The number of rotatable bonds is 7. The Labute approximate surface area is 225 Å². The maximum absolute atomic E-state index is 14.1. The molecule has 3 aliphatic rings. The average molecular weight is 542 g/mol. The molecule has 208 valence electrons. The van der Waals surface area contributed by atoms with Gasteiger partial charge in [0, 0.05) is 31.7 Å². The molecule has 2 saturated heterocycles. The van der Waals surface area contributed by atoms with Crippen LogP contribution in [0.3, 0.4) is 0 Å². The molecule has 1 atom stereocenters. The smallest absolute Gasteiger partial charge is 0.410 e. The lowest BCUT2D eigenvalue weighted by Gasteiger charge is -2.35. The maximum Gasteiger partial charge on any atom is 0.410 e. The zero-order chi connectivity index (χ0) is 26.9. The Hall–Kier alpha value is -3.54. The van der Waals surface area contributed by atoms with Gasteiger partial charge in [-0.2, -0.15) is 9.97 Å². The summed E-state index contributed by atoms with van der Waals surface area (Å²) in [6, 6.07) is 9.15. The number of ether oxygens (including phenoxy) is 2. The molecule has 0 spiro atoms. The number of carbonyl (C=O) groups excluding carboxylic acids is 1. The second-order valence-electron chi connectivity index (χ2n) is 10.5. The molecule has 39 heavy (non-hydrogen) atoms. The number of anilines is 2. The van der Waals surface area contributed by atoms with Gasteiger partial charge in [-0.1, -0.05) is 12.1 Å². The summed E-state index contributed by atoms with van der Waals surface area (Å²) in [5, 5.41) is 3.39. The topological polar surface area (TPSA) is 97.6 Å². The number of hydrogen-bond acceptors (Lipinski definition) is 8. The van der Waals surface area contributed by atoms with E-state index >= 15 is 0 Å². The lowest BCUT2D eigenvalue weighted by molar-refractivity contribution is 0.122. The molecule has 0 radical (unpaired) electrons. The third kappa shape index (κ3) is 5.21. The van der Waals surface area contributed by atoms with Crippen molar-refractivity contribution in [2.75, 3.05) is 49.7 Å². The van der Waals surface area contributed by atoms with Crippen molar-refractivity contribution >= 4 is 28.9 Å². The van der Waals surface area contributed by atoms with Crippen molar-refractivity contribution in [2.45, 2.75) is 51.1 Å². The van der Waals surface area contributed by atoms with E-state index in [-0.39, 0.29) is 24.0 Å². The number of imidazole rings is 1. The first-order valence-corrected chi connectivity index (χ1v) is 13.6. The minimum Gasteiger partial charge on any atom is -0.447 e. The average Bonchev–Trinajstić information content (AvgIpc) is 3.52. The fourth-order valence-corrected chi connectivity index (χ4v) is 5.90. The molecule has 3 aromatic rings. The van der Waals surface area contributed by atoms with Crippen molar-refractivity contribution in [3.63, 3.8) is 0 Å². The van der Waals surface area contributed by atoms with E-state index in [0.29, 0.717) is 74.0 Å². The molecule has 1 N–H and O–H groups in total. The van der Waals surface area contributed by atoms with Crippen LogP contribution in [0.1, 0.15) is 44.9 Å². The molecule has 6 rings (SSSR count). The molecule has 2 aromatic heterocycles. The fraction of sp³-hybridized carbons (Fsp3) is 0.556. The van der Waals surface area contributed by atoms with Gasteiger partial charge in [-0.15, -0.1) is 0 Å². The van der Waals surface area contributed by atoms with E-state index in [1.54, 1.807) is 30.3 Å². The SMILES string of the molecule is CC1COC(=O)N1[C@H]1CC[C@H](CNc2nc(N3CCOCC3)cc(-n3c(C(F)F)nc4ccccc43)n2)CC1. The number of nitrogens with zero attached hydrogens (tertiary/aromatic N) is 6. The minimum atomic E-state index is -2.76. The Morgan fingerprint density at radius 3 is 2.51 bits per heavy atom. The van der Waals surface area contributed by atoms with Crippen LogP contribution >= 0.6 is 0 Å². The monoisotopic (exact) mass is 541 g/mol. The Bertz CT molecular complexity index is 1320. The van der Waals surface area contributed by atoms with Crippen LogP contribution in [0.15, 0.2) is 30.3 Å². The number of fused-ring (bicyclic) bond motifs is 1. The van der Waals surface area contributed by atoms with Gasteiger partial charge in [-0.05, 0) is 50.7 Å². The van der Waals surface area contributed by atoms with Crippen molar-refractivity contribution in [2.24, 2.45) is 5.92 Å². The Balaban J connectivity index is 1.24. The number of morpholine rings is 1.